The van der Waals surface area contributed by atoms with E-state index in [0.29, 0.717) is 0 Å². The summed E-state index contributed by atoms with van der Waals surface area (Å²) in [6.45, 7) is 7.17. The molecule has 1 radical (unpaired) electrons. The molecule has 1 aromatic rings. The second-order valence-corrected chi connectivity index (χ2v) is 4.41. The van der Waals surface area contributed by atoms with Gasteiger partial charge in [0, 0.05) is 0 Å². The molecule has 6 heteroatoms. The van der Waals surface area contributed by atoms with Crippen molar-refractivity contribution < 1.29 is 14.4 Å². The highest BCUT2D eigenvalue weighted by atomic mass is 16.6. The van der Waals surface area contributed by atoms with Crippen LogP contribution in [0.5, 0.6) is 11.5 Å². The Labute approximate surface area is 106 Å². The average Bonchev–Trinajstić information content (AvgIpc) is 2.22. The molecule has 0 atom stereocenters. The predicted octanol–water partition coefficient (Wildman–Crippen LogP) is 3.08. The fraction of sp³-hybridized carbons (Fsp3) is 0.500. The zero-order valence-corrected chi connectivity index (χ0v) is 10.9. The fourth-order valence-corrected chi connectivity index (χ4v) is 1.38. The van der Waals surface area contributed by atoms with Gasteiger partial charge in [0.15, 0.2) is 11.5 Å². The maximum atomic E-state index is 10.8. The van der Waals surface area contributed by atoms with Crippen LogP contribution in [0, 0.1) is 10.1 Å². The molecule has 6 nitrogen and oxygen atoms in total. The summed E-state index contributed by atoms with van der Waals surface area (Å²) < 4.78 is 10.8. The third-order valence-electron chi connectivity index (χ3n) is 1.99. The second-order valence-electron chi connectivity index (χ2n) is 4.41. The summed E-state index contributed by atoms with van der Waals surface area (Å²) in [7, 11) is 0. The smallest absolute Gasteiger partial charge is 0.277 e. The quantitative estimate of drug-likeness (QED) is 0.596. The highest BCUT2D eigenvalue weighted by Crippen LogP contribution is 2.38. The van der Waals surface area contributed by atoms with E-state index >= 15 is 0 Å². The summed E-state index contributed by atoms with van der Waals surface area (Å²) in [5.74, 6) is 0.324. The molecular weight excluding hydrogens is 236 g/mol. The van der Waals surface area contributed by atoms with E-state index in [2.05, 4.69) is 0 Å². The Hall–Kier alpha value is -1.98. The number of non-ortho nitro benzene ring substituents is 1. The van der Waals surface area contributed by atoms with E-state index in [9.17, 15) is 10.1 Å². The molecule has 0 aromatic heterocycles. The lowest BCUT2D eigenvalue weighted by Crippen LogP contribution is -2.09. The van der Waals surface area contributed by atoms with Crippen LogP contribution in [-0.2, 0) is 0 Å². The van der Waals surface area contributed by atoms with E-state index in [-0.39, 0.29) is 35.1 Å². The van der Waals surface area contributed by atoms with Gasteiger partial charge in [-0.05, 0) is 27.7 Å². The molecule has 0 bridgehead atoms. The molecule has 0 saturated heterocycles. The van der Waals surface area contributed by atoms with Crippen molar-refractivity contribution in [2.45, 2.75) is 39.9 Å². The second kappa shape index (κ2) is 5.57. The number of rotatable bonds is 5. The van der Waals surface area contributed by atoms with Crippen LogP contribution in [0.25, 0.3) is 0 Å². The van der Waals surface area contributed by atoms with Gasteiger partial charge in [-0.1, -0.05) is 0 Å². The molecule has 0 unspecified atom stereocenters. The van der Waals surface area contributed by atoms with Crippen LogP contribution < -0.4 is 15.2 Å². The highest BCUT2D eigenvalue weighted by molar-refractivity contribution is 5.65. The Morgan fingerprint density at radius 3 is 1.78 bits per heavy atom. The lowest BCUT2D eigenvalue weighted by molar-refractivity contribution is -0.385. The van der Waals surface area contributed by atoms with Crippen molar-refractivity contribution in [1.29, 1.82) is 0 Å². The Morgan fingerprint density at radius 1 is 1.11 bits per heavy atom. The zero-order chi connectivity index (χ0) is 13.9. The molecule has 0 heterocycles. The SMILES string of the molecule is CC(C)Oc1cc([N+](=O)[O-])cc(OC(C)C)c1[NH]. The lowest BCUT2D eigenvalue weighted by Gasteiger charge is -2.16. The van der Waals surface area contributed by atoms with Crippen LogP contribution in [0.15, 0.2) is 12.1 Å². The Balaban J connectivity index is 3.23. The Bertz CT molecular complexity index is 413. The molecule has 1 aromatic carbocycles. The number of ether oxygens (including phenoxy) is 2. The lowest BCUT2D eigenvalue weighted by atomic mass is 10.2. The molecule has 0 spiro atoms. The molecule has 18 heavy (non-hydrogen) atoms. The van der Waals surface area contributed by atoms with Crippen LogP contribution >= 0.6 is 0 Å². The van der Waals surface area contributed by atoms with E-state index in [1.54, 1.807) is 27.7 Å². The van der Waals surface area contributed by atoms with Crippen LogP contribution in [0.4, 0.5) is 11.4 Å². The van der Waals surface area contributed by atoms with E-state index in [1.165, 1.54) is 12.1 Å². The van der Waals surface area contributed by atoms with E-state index in [1.807, 2.05) is 0 Å². The summed E-state index contributed by atoms with van der Waals surface area (Å²) in [6, 6.07) is 2.49. The summed E-state index contributed by atoms with van der Waals surface area (Å²) in [4.78, 5) is 10.3. The summed E-state index contributed by atoms with van der Waals surface area (Å²) >= 11 is 0. The Morgan fingerprint density at radius 2 is 1.50 bits per heavy atom. The van der Waals surface area contributed by atoms with Gasteiger partial charge in [-0.3, -0.25) is 15.8 Å². The molecule has 99 valence electrons. The van der Waals surface area contributed by atoms with E-state index in [0.717, 1.165) is 0 Å². The van der Waals surface area contributed by atoms with Crippen molar-refractivity contribution in [1.82, 2.24) is 5.73 Å². The third-order valence-corrected chi connectivity index (χ3v) is 1.99. The highest BCUT2D eigenvalue weighted by Gasteiger charge is 2.18. The number of nitrogens with zero attached hydrogens (tertiary/aromatic N) is 1. The first-order chi connectivity index (χ1) is 8.31. The van der Waals surface area contributed by atoms with Gasteiger partial charge < -0.3 is 9.47 Å². The van der Waals surface area contributed by atoms with E-state index < -0.39 is 4.92 Å². The van der Waals surface area contributed by atoms with Crippen LogP contribution in [0.3, 0.4) is 0 Å². The summed E-state index contributed by atoms with van der Waals surface area (Å²) in [5.41, 5.74) is 7.79. The van der Waals surface area contributed by atoms with Gasteiger partial charge in [-0.15, -0.1) is 0 Å². The number of nitro benzene ring substituents is 1. The molecule has 1 N–H and O–H groups in total. The van der Waals surface area contributed by atoms with E-state index in [4.69, 9.17) is 15.2 Å². The molecule has 0 aliphatic heterocycles. The minimum absolute atomic E-state index is 0.0306. The molecule has 0 fully saturated rings. The molecule has 0 aliphatic carbocycles. The van der Waals surface area contributed by atoms with Crippen molar-refractivity contribution in [2.24, 2.45) is 0 Å². The topological polar surface area (TPSA) is 85.4 Å². The van der Waals surface area contributed by atoms with Gasteiger partial charge in [0.2, 0.25) is 0 Å². The van der Waals surface area contributed by atoms with Crippen molar-refractivity contribution in [2.75, 3.05) is 0 Å². The summed E-state index contributed by atoms with van der Waals surface area (Å²) in [6.07, 6.45) is -0.328. The first-order valence-corrected chi connectivity index (χ1v) is 5.68. The number of hydrogen-bond donors (Lipinski definition) is 0. The van der Waals surface area contributed by atoms with Crippen LogP contribution in [-0.4, -0.2) is 17.1 Å². The van der Waals surface area contributed by atoms with Crippen LogP contribution in [0.1, 0.15) is 27.7 Å². The van der Waals surface area contributed by atoms with Gasteiger partial charge in [0.25, 0.3) is 5.69 Å². The maximum absolute atomic E-state index is 10.8. The summed E-state index contributed by atoms with van der Waals surface area (Å²) in [5, 5.41) is 10.8. The fourth-order valence-electron chi connectivity index (χ4n) is 1.38. The number of benzene rings is 1. The first kappa shape index (κ1) is 14.1. The minimum Gasteiger partial charge on any atom is -0.488 e. The van der Waals surface area contributed by atoms with Gasteiger partial charge in [0.05, 0.1) is 29.3 Å². The largest absolute Gasteiger partial charge is 0.488 e. The monoisotopic (exact) mass is 253 g/mol. The van der Waals surface area contributed by atoms with Crippen molar-refractivity contribution in [3.8, 4) is 11.5 Å². The van der Waals surface area contributed by atoms with Crippen molar-refractivity contribution in [3.63, 3.8) is 0 Å². The molecule has 0 aliphatic rings. The minimum atomic E-state index is -0.528. The number of nitro groups is 1. The Kier molecular flexibility index (Phi) is 4.36. The predicted molar refractivity (Wildman–Crippen MR) is 67.4 cm³/mol. The molecular formula is C12H17N2O4. The molecule has 0 amide bonds. The first-order valence-electron chi connectivity index (χ1n) is 5.68. The van der Waals surface area contributed by atoms with Gasteiger partial charge in [-0.25, -0.2) is 0 Å². The van der Waals surface area contributed by atoms with Crippen LogP contribution in [0.2, 0.25) is 0 Å². The standard InChI is InChI=1S/C12H17N2O4/c1-7(2)17-10-5-9(14(15)16)6-11(12(10)13)18-8(3)4/h5-8,13H,1-4H3. The molecule has 1 rings (SSSR count). The van der Waals surface area contributed by atoms with Crippen molar-refractivity contribution in [3.05, 3.63) is 22.2 Å². The normalized spacial score (nSPS) is 10.8. The third kappa shape index (κ3) is 3.51. The number of hydrogen-bond acceptors (Lipinski definition) is 4. The average molecular weight is 253 g/mol. The number of nitrogens with one attached hydrogen (secondary N) is 1. The molecule has 0 saturated carbocycles. The van der Waals surface area contributed by atoms with Crippen molar-refractivity contribution >= 4 is 11.4 Å². The van der Waals surface area contributed by atoms with Gasteiger partial charge in [0.1, 0.15) is 5.69 Å². The van der Waals surface area contributed by atoms with Gasteiger partial charge in [-0.2, -0.15) is 0 Å². The van der Waals surface area contributed by atoms with Gasteiger partial charge >= 0.3 is 0 Å². The maximum Gasteiger partial charge on any atom is 0.277 e. The zero-order valence-electron chi connectivity index (χ0n) is 10.9.